The Bertz CT molecular complexity index is 209. The molecule has 0 aliphatic heterocycles. The molecule has 0 aliphatic carbocycles. The molecule has 1 N–H and O–H groups in total. The Balaban J connectivity index is 0.000000292. The van der Waals surface area contributed by atoms with Gasteiger partial charge < -0.3 is 0 Å². The fraction of sp³-hybridized carbons (Fsp3) is 0. The fourth-order valence-corrected chi connectivity index (χ4v) is 0.439. The predicted octanol–water partition coefficient (Wildman–Crippen LogP) is 0.908. The SMILES string of the molecule is Fc1ccccc1F.O=BO. The number of benzene rings is 1. The minimum atomic E-state index is -0.799. The first-order chi connectivity index (χ1) is 5.22. The van der Waals surface area contributed by atoms with Crippen LogP contribution in [0.4, 0.5) is 8.78 Å². The topological polar surface area (TPSA) is 37.3 Å². The summed E-state index contributed by atoms with van der Waals surface area (Å²) in [5.41, 5.74) is 0. The fourth-order valence-electron chi connectivity index (χ4n) is 0.439. The standard InChI is InChI=1S/C6H4F2.BHO2/c7-5-3-1-2-4-6(5)8;2-1-3/h1-4H;2H. The van der Waals surface area contributed by atoms with Gasteiger partial charge in [0.25, 0.3) is 0 Å². The summed E-state index contributed by atoms with van der Waals surface area (Å²) in [7, 11) is -0.250. The van der Waals surface area contributed by atoms with E-state index >= 15 is 0 Å². The van der Waals surface area contributed by atoms with E-state index in [-0.39, 0.29) is 7.35 Å². The van der Waals surface area contributed by atoms with Gasteiger partial charge in [0.05, 0.1) is 0 Å². The van der Waals surface area contributed by atoms with Crippen LogP contribution in [0.25, 0.3) is 0 Å². The van der Waals surface area contributed by atoms with Crippen LogP contribution in [0.3, 0.4) is 0 Å². The average Bonchev–Trinajstić information content (AvgIpc) is 1.97. The average molecular weight is 158 g/mol. The molecule has 0 amide bonds. The quantitative estimate of drug-likeness (QED) is 0.569. The van der Waals surface area contributed by atoms with Crippen molar-refractivity contribution in [2.45, 2.75) is 0 Å². The van der Waals surface area contributed by atoms with Crippen molar-refractivity contribution in [1.29, 1.82) is 0 Å². The summed E-state index contributed by atoms with van der Waals surface area (Å²) in [5, 5.41) is 6.89. The molecule has 0 aromatic heterocycles. The van der Waals surface area contributed by atoms with Crippen molar-refractivity contribution >= 4 is 7.35 Å². The summed E-state index contributed by atoms with van der Waals surface area (Å²) in [6, 6.07) is 5.04. The molecule has 0 saturated carbocycles. The summed E-state index contributed by atoms with van der Waals surface area (Å²) < 4.78 is 32.2. The second-order valence-corrected chi connectivity index (χ2v) is 1.52. The van der Waals surface area contributed by atoms with E-state index < -0.39 is 11.6 Å². The molecule has 5 heteroatoms. The zero-order valence-electron chi connectivity index (χ0n) is 5.50. The van der Waals surface area contributed by atoms with Crippen molar-refractivity contribution in [2.24, 2.45) is 0 Å². The summed E-state index contributed by atoms with van der Waals surface area (Å²) >= 11 is 0. The first-order valence-electron chi connectivity index (χ1n) is 2.70. The summed E-state index contributed by atoms with van der Waals surface area (Å²) in [6.07, 6.45) is 0. The molecule has 0 fully saturated rings. The van der Waals surface area contributed by atoms with Gasteiger partial charge in [-0.25, -0.2) is 8.78 Å². The minimum absolute atomic E-state index is 0.250. The van der Waals surface area contributed by atoms with Crippen molar-refractivity contribution in [1.82, 2.24) is 0 Å². The van der Waals surface area contributed by atoms with Gasteiger partial charge in [0.2, 0.25) is 0 Å². The molecule has 1 aromatic rings. The zero-order chi connectivity index (χ0) is 8.69. The molecule has 0 spiro atoms. The van der Waals surface area contributed by atoms with E-state index in [1.54, 1.807) is 0 Å². The second kappa shape index (κ2) is 5.52. The Hall–Kier alpha value is -1.26. The van der Waals surface area contributed by atoms with Gasteiger partial charge >= 0.3 is 17.1 Å². The van der Waals surface area contributed by atoms with Gasteiger partial charge in [-0.3, -0.25) is 0 Å². The number of hydrogen-bond acceptors (Lipinski definition) is 1. The molecule has 1 aromatic carbocycles. The Morgan fingerprint density at radius 1 is 1.18 bits per heavy atom. The van der Waals surface area contributed by atoms with Gasteiger partial charge in [0, 0.05) is 0 Å². The van der Waals surface area contributed by atoms with Gasteiger partial charge in [-0.05, 0) is 12.1 Å². The molecular formula is C6H5BF2O2. The van der Waals surface area contributed by atoms with Crippen LogP contribution in [0.15, 0.2) is 24.3 Å². The normalized spacial score (nSPS) is 7.45. The molecule has 58 valence electrons. The van der Waals surface area contributed by atoms with Gasteiger partial charge in [-0.1, -0.05) is 12.1 Å². The van der Waals surface area contributed by atoms with E-state index in [0.717, 1.165) is 12.1 Å². The van der Waals surface area contributed by atoms with E-state index in [1.807, 2.05) is 0 Å². The van der Waals surface area contributed by atoms with E-state index in [0.29, 0.717) is 0 Å². The Kier molecular flexibility index (Phi) is 4.89. The van der Waals surface area contributed by atoms with Gasteiger partial charge in [0.1, 0.15) is 0 Å². The third-order valence-corrected chi connectivity index (χ3v) is 0.824. The van der Waals surface area contributed by atoms with Crippen molar-refractivity contribution in [3.05, 3.63) is 35.9 Å². The first kappa shape index (κ1) is 9.74. The molecule has 0 radical (unpaired) electrons. The predicted molar refractivity (Wildman–Crippen MR) is 35.0 cm³/mol. The van der Waals surface area contributed by atoms with Gasteiger partial charge in [-0.15, -0.1) is 0 Å². The van der Waals surface area contributed by atoms with Crippen LogP contribution in [-0.2, 0) is 4.70 Å². The summed E-state index contributed by atoms with van der Waals surface area (Å²) in [4.78, 5) is 0. The third kappa shape index (κ3) is 4.19. The molecule has 0 heterocycles. The van der Waals surface area contributed by atoms with Crippen molar-refractivity contribution in [2.75, 3.05) is 0 Å². The van der Waals surface area contributed by atoms with Crippen LogP contribution < -0.4 is 0 Å². The molecule has 0 aliphatic rings. The van der Waals surface area contributed by atoms with Crippen LogP contribution >= 0.6 is 0 Å². The van der Waals surface area contributed by atoms with Crippen LogP contribution in [0, 0.1) is 11.6 Å². The van der Waals surface area contributed by atoms with E-state index in [4.69, 9.17) is 9.73 Å². The molecule has 0 atom stereocenters. The molecule has 0 saturated heterocycles. The second-order valence-electron chi connectivity index (χ2n) is 1.52. The number of hydrogen-bond donors (Lipinski definition) is 1. The number of halogens is 2. The summed E-state index contributed by atoms with van der Waals surface area (Å²) in [5.74, 6) is -1.60. The monoisotopic (exact) mass is 158 g/mol. The van der Waals surface area contributed by atoms with Crippen molar-refractivity contribution in [3.8, 4) is 0 Å². The third-order valence-electron chi connectivity index (χ3n) is 0.824. The van der Waals surface area contributed by atoms with E-state index in [9.17, 15) is 8.78 Å². The maximum atomic E-state index is 11.9. The Morgan fingerprint density at radius 2 is 1.45 bits per heavy atom. The molecule has 0 bridgehead atoms. The Labute approximate surface area is 62.8 Å². The van der Waals surface area contributed by atoms with Gasteiger partial charge in [-0.2, -0.15) is 0 Å². The van der Waals surface area contributed by atoms with E-state index in [2.05, 4.69) is 0 Å². The molecule has 2 nitrogen and oxygen atoms in total. The van der Waals surface area contributed by atoms with Crippen molar-refractivity contribution < 1.29 is 18.5 Å². The van der Waals surface area contributed by atoms with Crippen LogP contribution in [0.1, 0.15) is 0 Å². The maximum absolute atomic E-state index is 11.9. The summed E-state index contributed by atoms with van der Waals surface area (Å²) in [6.45, 7) is 0. The molecule has 0 unspecified atom stereocenters. The van der Waals surface area contributed by atoms with Crippen molar-refractivity contribution in [3.63, 3.8) is 0 Å². The van der Waals surface area contributed by atoms with Crippen LogP contribution in [-0.4, -0.2) is 12.4 Å². The van der Waals surface area contributed by atoms with Crippen LogP contribution in [0.5, 0.6) is 0 Å². The van der Waals surface area contributed by atoms with Gasteiger partial charge in [0.15, 0.2) is 11.6 Å². The number of rotatable bonds is 0. The zero-order valence-corrected chi connectivity index (χ0v) is 5.50. The molecular weight excluding hydrogens is 153 g/mol. The first-order valence-corrected chi connectivity index (χ1v) is 2.70. The van der Waals surface area contributed by atoms with Crippen LogP contribution in [0.2, 0.25) is 0 Å². The molecule has 1 rings (SSSR count). The molecule has 11 heavy (non-hydrogen) atoms. The Morgan fingerprint density at radius 3 is 1.64 bits per heavy atom. The van der Waals surface area contributed by atoms with E-state index in [1.165, 1.54) is 12.1 Å².